The van der Waals surface area contributed by atoms with Gasteiger partial charge in [0.25, 0.3) is 5.91 Å². The lowest BCUT2D eigenvalue weighted by molar-refractivity contribution is -0.143. The van der Waals surface area contributed by atoms with Crippen LogP contribution >= 0.6 is 0 Å². The van der Waals surface area contributed by atoms with Crippen LogP contribution in [0.4, 0.5) is 5.95 Å². The molecule has 2 aromatic heterocycles. The topological polar surface area (TPSA) is 189 Å². The Labute approximate surface area is 201 Å². The van der Waals surface area contributed by atoms with Crippen LogP contribution in [-0.2, 0) is 19.6 Å². The number of hydrogen-bond donors (Lipinski definition) is 5. The molecule has 3 aromatic rings. The minimum absolute atomic E-state index is 0.0101. The van der Waals surface area contributed by atoms with Crippen molar-refractivity contribution in [2.24, 2.45) is 0 Å². The van der Waals surface area contributed by atoms with Gasteiger partial charge in [-0.2, -0.15) is 4.72 Å². The second-order valence-electron chi connectivity index (χ2n) is 7.47. The number of sulfonamides is 1. The van der Waals surface area contributed by atoms with Gasteiger partial charge in [-0.15, -0.1) is 0 Å². The van der Waals surface area contributed by atoms with Gasteiger partial charge in [0, 0.05) is 18.3 Å². The fraction of sp³-hybridized carbons (Fsp3) is 0.333. The molecule has 0 saturated carbocycles. The van der Waals surface area contributed by atoms with E-state index in [9.17, 15) is 23.1 Å². The summed E-state index contributed by atoms with van der Waals surface area (Å²) in [4.78, 5) is 31.7. The van der Waals surface area contributed by atoms with E-state index in [1.54, 1.807) is 6.07 Å². The highest BCUT2D eigenvalue weighted by Crippen LogP contribution is 2.12. The molecule has 1 amide bonds. The number of imidazole rings is 1. The van der Waals surface area contributed by atoms with E-state index in [2.05, 4.69) is 30.5 Å². The summed E-state index contributed by atoms with van der Waals surface area (Å²) >= 11 is 0. The number of nitrogens with zero attached hydrogens (tertiary/aromatic N) is 2. The van der Waals surface area contributed by atoms with Gasteiger partial charge in [0.15, 0.2) is 12.3 Å². The van der Waals surface area contributed by atoms with E-state index in [4.69, 9.17) is 9.26 Å². The minimum atomic E-state index is -4.23. The van der Waals surface area contributed by atoms with Crippen LogP contribution in [0.2, 0.25) is 0 Å². The molecule has 0 fully saturated rings. The van der Waals surface area contributed by atoms with Crippen molar-refractivity contribution in [3.63, 3.8) is 0 Å². The molecule has 0 aliphatic heterocycles. The minimum Gasteiger partial charge on any atom is -0.480 e. The molecule has 13 nitrogen and oxygen atoms in total. The molecule has 2 heterocycles. The maximum Gasteiger partial charge on any atom is 0.326 e. The molecule has 35 heavy (non-hydrogen) atoms. The number of anilines is 1. The zero-order chi connectivity index (χ0) is 25.4. The van der Waals surface area contributed by atoms with Crippen LogP contribution in [0.1, 0.15) is 28.4 Å². The first kappa shape index (κ1) is 25.9. The van der Waals surface area contributed by atoms with Gasteiger partial charge in [0.1, 0.15) is 0 Å². The number of benzene rings is 1. The van der Waals surface area contributed by atoms with Gasteiger partial charge in [0.2, 0.25) is 21.7 Å². The van der Waals surface area contributed by atoms with E-state index in [1.807, 2.05) is 13.8 Å². The maximum atomic E-state index is 12.7. The van der Waals surface area contributed by atoms with E-state index >= 15 is 0 Å². The van der Waals surface area contributed by atoms with Gasteiger partial charge in [0.05, 0.1) is 23.4 Å². The monoisotopic (exact) mass is 506 g/mol. The Kier molecular flexibility index (Phi) is 8.57. The van der Waals surface area contributed by atoms with Crippen molar-refractivity contribution >= 4 is 27.8 Å². The summed E-state index contributed by atoms with van der Waals surface area (Å²) in [6.45, 7) is 4.16. The van der Waals surface area contributed by atoms with Crippen LogP contribution in [0, 0.1) is 13.8 Å². The summed E-state index contributed by atoms with van der Waals surface area (Å²) in [5.41, 5.74) is 1.78. The highest BCUT2D eigenvalue weighted by Gasteiger charge is 2.35. The molecule has 1 aromatic carbocycles. The number of H-pyrrole nitrogens is 1. The summed E-state index contributed by atoms with van der Waals surface area (Å²) < 4.78 is 38.0. The number of aromatic nitrogens is 3. The lowest BCUT2D eigenvalue weighted by Gasteiger charge is -2.25. The van der Waals surface area contributed by atoms with E-state index < -0.39 is 34.2 Å². The summed E-state index contributed by atoms with van der Waals surface area (Å²) in [6.07, 6.45) is 0.0729. The number of amides is 1. The van der Waals surface area contributed by atoms with Gasteiger partial charge >= 0.3 is 5.97 Å². The number of carboxylic acids is 1. The molecule has 0 aliphatic rings. The number of ether oxygens (including phenoxy) is 1. The third-order valence-electron chi connectivity index (χ3n) is 4.88. The van der Waals surface area contributed by atoms with Gasteiger partial charge < -0.3 is 30.0 Å². The third kappa shape index (κ3) is 7.11. The third-order valence-corrected chi connectivity index (χ3v) is 6.34. The Hall–Kier alpha value is -3.75. The van der Waals surface area contributed by atoms with Crippen LogP contribution in [0.15, 0.2) is 52.0 Å². The molecule has 0 saturated heterocycles. The van der Waals surface area contributed by atoms with Crippen molar-refractivity contribution < 1.29 is 32.4 Å². The Morgan fingerprint density at radius 2 is 1.94 bits per heavy atom. The van der Waals surface area contributed by atoms with Crippen molar-refractivity contribution in [1.82, 2.24) is 25.2 Å². The van der Waals surface area contributed by atoms with Crippen molar-refractivity contribution in [3.05, 3.63) is 59.7 Å². The second kappa shape index (κ2) is 11.6. The first-order chi connectivity index (χ1) is 16.7. The van der Waals surface area contributed by atoms with Crippen LogP contribution in [-0.4, -0.2) is 65.9 Å². The van der Waals surface area contributed by atoms with E-state index in [0.717, 1.165) is 11.4 Å². The first-order valence-electron chi connectivity index (χ1n) is 10.6. The Morgan fingerprint density at radius 3 is 2.54 bits per heavy atom. The Bertz CT molecular complexity index is 1210. The van der Waals surface area contributed by atoms with Crippen molar-refractivity contribution in [3.8, 4) is 0 Å². The van der Waals surface area contributed by atoms with Gasteiger partial charge in [-0.05, 0) is 32.4 Å². The fourth-order valence-corrected chi connectivity index (χ4v) is 4.16. The van der Waals surface area contributed by atoms with E-state index in [-0.39, 0.29) is 17.3 Å². The highest BCUT2D eigenvalue weighted by molar-refractivity contribution is 7.89. The predicted octanol–water partition coefficient (Wildman–Crippen LogP) is 1.02. The SMILES string of the molecule is Cc1nc(NCCCOC(NC(=O)c2ccno2)C(NS(=O)(=O)c2ccccc2)C(=O)O)[nH]c1C. The molecule has 5 N–H and O–H groups in total. The Morgan fingerprint density at radius 1 is 1.20 bits per heavy atom. The molecule has 0 bridgehead atoms. The molecular weight excluding hydrogens is 480 g/mol. The fourth-order valence-electron chi connectivity index (χ4n) is 2.95. The number of aryl methyl sites for hydroxylation is 2. The maximum absolute atomic E-state index is 12.7. The molecule has 14 heteroatoms. The smallest absolute Gasteiger partial charge is 0.326 e. The lowest BCUT2D eigenvalue weighted by atomic mass is 10.2. The van der Waals surface area contributed by atoms with Crippen LogP contribution < -0.4 is 15.4 Å². The Balaban J connectivity index is 1.69. The zero-order valence-electron chi connectivity index (χ0n) is 19.0. The number of carbonyl (C=O) groups excluding carboxylic acids is 1. The standard InChI is InChI=1S/C21H26N6O7S/c1-13-14(2)25-21(24-13)22-10-6-12-33-19(26-18(28)16-9-11-23-34-16)17(20(29)30)27-35(31,32)15-7-4-3-5-8-15/h3-5,7-9,11,17,19,27H,6,10,12H2,1-2H3,(H,26,28)(H,29,30)(H2,22,24,25). The number of hydrogen-bond acceptors (Lipinski definition) is 9. The van der Waals surface area contributed by atoms with Gasteiger partial charge in [-0.25, -0.2) is 13.4 Å². The summed E-state index contributed by atoms with van der Waals surface area (Å²) in [5.74, 6) is -1.99. The predicted molar refractivity (Wildman–Crippen MR) is 123 cm³/mol. The second-order valence-corrected chi connectivity index (χ2v) is 9.18. The van der Waals surface area contributed by atoms with Crippen molar-refractivity contribution in [2.75, 3.05) is 18.5 Å². The molecule has 0 aliphatic carbocycles. The quantitative estimate of drug-likeness (QED) is 0.165. The largest absolute Gasteiger partial charge is 0.480 e. The number of carbonyl (C=O) groups is 2. The van der Waals surface area contributed by atoms with Crippen LogP contribution in [0.5, 0.6) is 0 Å². The zero-order valence-corrected chi connectivity index (χ0v) is 19.8. The van der Waals surface area contributed by atoms with Crippen LogP contribution in [0.25, 0.3) is 0 Å². The number of carboxylic acid groups (broad SMARTS) is 1. The van der Waals surface area contributed by atoms with E-state index in [1.165, 1.54) is 36.5 Å². The molecule has 2 unspecified atom stereocenters. The molecule has 188 valence electrons. The average molecular weight is 507 g/mol. The lowest BCUT2D eigenvalue weighted by Crippen LogP contribution is -2.56. The van der Waals surface area contributed by atoms with E-state index in [0.29, 0.717) is 18.9 Å². The van der Waals surface area contributed by atoms with Crippen molar-refractivity contribution in [1.29, 1.82) is 0 Å². The normalized spacial score (nSPS) is 13.2. The molecule has 2 atom stereocenters. The summed E-state index contributed by atoms with van der Waals surface area (Å²) in [6, 6.07) is 6.68. The molecule has 0 radical (unpaired) electrons. The summed E-state index contributed by atoms with van der Waals surface area (Å²) in [7, 11) is -4.23. The summed E-state index contributed by atoms with van der Waals surface area (Å²) in [5, 5.41) is 18.6. The number of aliphatic carboxylic acids is 1. The van der Waals surface area contributed by atoms with Crippen LogP contribution in [0.3, 0.4) is 0 Å². The number of rotatable bonds is 13. The molecule has 0 spiro atoms. The molecule has 3 rings (SSSR count). The average Bonchev–Trinajstić information content (AvgIpc) is 3.47. The highest BCUT2D eigenvalue weighted by atomic mass is 32.2. The first-order valence-corrected chi connectivity index (χ1v) is 12.1. The van der Waals surface area contributed by atoms with Gasteiger partial charge in [-0.3, -0.25) is 9.59 Å². The van der Waals surface area contributed by atoms with Crippen molar-refractivity contribution in [2.45, 2.75) is 37.4 Å². The number of aromatic amines is 1. The van der Waals surface area contributed by atoms with Gasteiger partial charge in [-0.1, -0.05) is 23.4 Å². The number of nitrogens with one attached hydrogen (secondary N) is 4. The molecular formula is C21H26N6O7S.